The molecule has 16 heteroatoms. The zero-order chi connectivity index (χ0) is 27.8. The van der Waals surface area contributed by atoms with Crippen LogP contribution in [0.25, 0.3) is 0 Å². The number of rotatable bonds is 18. The predicted molar refractivity (Wildman–Crippen MR) is 134 cm³/mol. The maximum absolute atomic E-state index is 13.1. The summed E-state index contributed by atoms with van der Waals surface area (Å²) in [5.41, 5.74) is 22.8. The smallest absolute Gasteiger partial charge is 0.328 e. The summed E-state index contributed by atoms with van der Waals surface area (Å²) in [6.07, 6.45) is 4.73. The Morgan fingerprint density at radius 2 is 1.57 bits per heavy atom. The van der Waals surface area contributed by atoms with E-state index in [1.165, 1.54) is 12.5 Å². The second kappa shape index (κ2) is 16.8. The van der Waals surface area contributed by atoms with Gasteiger partial charge in [-0.2, -0.15) is 0 Å². The molecule has 1 aromatic heterocycles. The van der Waals surface area contributed by atoms with Gasteiger partial charge in [-0.05, 0) is 38.6 Å². The summed E-state index contributed by atoms with van der Waals surface area (Å²) in [4.78, 5) is 60.3. The lowest BCUT2D eigenvalue weighted by molar-refractivity contribution is -0.143. The van der Waals surface area contributed by atoms with Crippen LogP contribution in [0, 0.1) is 0 Å². The fourth-order valence-corrected chi connectivity index (χ4v) is 3.27. The highest BCUT2D eigenvalue weighted by molar-refractivity contribution is 5.94. The number of hydrogen-bond acceptors (Lipinski definition) is 9. The Kier molecular flexibility index (Phi) is 14.2. The fourth-order valence-electron chi connectivity index (χ4n) is 3.27. The number of hydrogen-bond donors (Lipinski definition) is 10. The zero-order valence-electron chi connectivity index (χ0n) is 20.6. The molecule has 0 saturated carbocycles. The third kappa shape index (κ3) is 12.2. The number of amides is 3. The van der Waals surface area contributed by atoms with E-state index in [1.807, 2.05) is 0 Å². The average Bonchev–Trinajstić information content (AvgIpc) is 3.36. The van der Waals surface area contributed by atoms with Gasteiger partial charge in [0.15, 0.2) is 5.96 Å². The molecule has 0 aliphatic rings. The van der Waals surface area contributed by atoms with Gasteiger partial charge >= 0.3 is 5.97 Å². The number of nitrogens with two attached hydrogens (primary N) is 4. The Labute approximate surface area is 214 Å². The van der Waals surface area contributed by atoms with Crippen LogP contribution in [-0.2, 0) is 25.6 Å². The van der Waals surface area contributed by atoms with Crippen molar-refractivity contribution in [1.82, 2.24) is 25.9 Å². The first-order valence-corrected chi connectivity index (χ1v) is 11.8. The number of nitrogens with one attached hydrogen (secondary N) is 4. The number of guanidine groups is 1. The summed E-state index contributed by atoms with van der Waals surface area (Å²) >= 11 is 0. The number of aliphatic carboxylic acids is 1. The number of carboxylic acids is 1. The number of imidazole rings is 1. The standard InChI is InChI=1S/C21H38N10O6/c22-6-2-1-4-14(19(35)31-16(10-32)20(36)37)30-18(34)15(5-3-7-27-21(24)25)29-17(33)13(23)8-12-9-26-11-28-12/h9,11,13-16,32H,1-8,10,22-23H2,(H,26,28)(H,29,33)(H,30,34)(H,31,35)(H,36,37)(H4,24,25,27). The van der Waals surface area contributed by atoms with E-state index in [-0.39, 0.29) is 31.8 Å². The van der Waals surface area contributed by atoms with Gasteiger partial charge in [0.1, 0.15) is 18.1 Å². The number of aliphatic imine (C=N–C) groups is 1. The third-order valence-electron chi connectivity index (χ3n) is 5.29. The summed E-state index contributed by atoms with van der Waals surface area (Å²) in [7, 11) is 0. The monoisotopic (exact) mass is 526 g/mol. The van der Waals surface area contributed by atoms with Crippen molar-refractivity contribution in [1.29, 1.82) is 0 Å². The highest BCUT2D eigenvalue weighted by atomic mass is 16.4. The number of aliphatic hydroxyl groups excluding tert-OH is 1. The molecule has 37 heavy (non-hydrogen) atoms. The molecule has 0 radical (unpaired) electrons. The average molecular weight is 527 g/mol. The molecule has 0 aromatic carbocycles. The lowest BCUT2D eigenvalue weighted by Gasteiger charge is -2.25. The first kappa shape index (κ1) is 31.3. The van der Waals surface area contributed by atoms with Gasteiger partial charge < -0.3 is 54.1 Å². The number of H-pyrrole nitrogens is 1. The van der Waals surface area contributed by atoms with Crippen molar-refractivity contribution in [2.24, 2.45) is 27.9 Å². The van der Waals surface area contributed by atoms with Crippen molar-refractivity contribution >= 4 is 29.7 Å². The van der Waals surface area contributed by atoms with Crippen LogP contribution in [0.2, 0.25) is 0 Å². The minimum atomic E-state index is -1.54. The predicted octanol–water partition coefficient (Wildman–Crippen LogP) is -4.01. The van der Waals surface area contributed by atoms with Gasteiger partial charge in [-0.1, -0.05) is 0 Å². The summed E-state index contributed by atoms with van der Waals surface area (Å²) in [6.45, 7) is -0.282. The second-order valence-electron chi connectivity index (χ2n) is 8.33. The highest BCUT2D eigenvalue weighted by Gasteiger charge is 2.30. The molecule has 0 fully saturated rings. The Morgan fingerprint density at radius 1 is 0.973 bits per heavy atom. The van der Waals surface area contributed by atoms with Crippen molar-refractivity contribution in [2.75, 3.05) is 19.7 Å². The molecular formula is C21H38N10O6. The van der Waals surface area contributed by atoms with Crippen molar-refractivity contribution < 1.29 is 29.4 Å². The number of carbonyl (C=O) groups excluding carboxylic acids is 3. The van der Waals surface area contributed by atoms with Crippen LogP contribution in [0.1, 0.15) is 37.8 Å². The molecule has 1 heterocycles. The molecular weight excluding hydrogens is 488 g/mol. The molecule has 16 nitrogen and oxygen atoms in total. The molecule has 0 aliphatic heterocycles. The van der Waals surface area contributed by atoms with E-state index in [0.29, 0.717) is 31.5 Å². The maximum atomic E-state index is 13.1. The lowest BCUT2D eigenvalue weighted by Crippen LogP contribution is -2.57. The van der Waals surface area contributed by atoms with Crippen LogP contribution in [0.5, 0.6) is 0 Å². The molecule has 1 rings (SSSR count). The Balaban J connectivity index is 2.97. The zero-order valence-corrected chi connectivity index (χ0v) is 20.6. The Hall–Kier alpha value is -3.76. The van der Waals surface area contributed by atoms with Gasteiger partial charge in [0.25, 0.3) is 0 Å². The summed E-state index contributed by atoms with van der Waals surface area (Å²) in [5, 5.41) is 25.7. The van der Waals surface area contributed by atoms with E-state index in [2.05, 4.69) is 30.9 Å². The van der Waals surface area contributed by atoms with E-state index < -0.39 is 54.5 Å². The van der Waals surface area contributed by atoms with Gasteiger partial charge in [0.05, 0.1) is 19.0 Å². The Morgan fingerprint density at radius 3 is 2.08 bits per heavy atom. The van der Waals surface area contributed by atoms with Crippen LogP contribution >= 0.6 is 0 Å². The maximum Gasteiger partial charge on any atom is 0.328 e. The van der Waals surface area contributed by atoms with E-state index in [9.17, 15) is 24.3 Å². The van der Waals surface area contributed by atoms with Crippen LogP contribution in [0.4, 0.5) is 0 Å². The van der Waals surface area contributed by atoms with E-state index in [0.717, 1.165) is 0 Å². The van der Waals surface area contributed by atoms with Crippen molar-refractivity contribution in [3.8, 4) is 0 Å². The quantitative estimate of drug-likeness (QED) is 0.0499. The van der Waals surface area contributed by atoms with Gasteiger partial charge in [0.2, 0.25) is 17.7 Å². The number of carbonyl (C=O) groups is 4. The molecule has 4 unspecified atom stereocenters. The number of carboxylic acid groups (broad SMARTS) is 1. The van der Waals surface area contributed by atoms with Gasteiger partial charge in [-0.15, -0.1) is 0 Å². The summed E-state index contributed by atoms with van der Waals surface area (Å²) in [6, 6.07) is -4.76. The van der Waals surface area contributed by atoms with Crippen molar-refractivity contribution in [3.05, 3.63) is 18.2 Å². The first-order chi connectivity index (χ1) is 17.6. The number of aliphatic hydroxyl groups is 1. The van der Waals surface area contributed by atoms with Crippen molar-refractivity contribution in [3.63, 3.8) is 0 Å². The molecule has 208 valence electrons. The molecule has 0 aliphatic carbocycles. The number of unbranched alkanes of at least 4 members (excludes halogenated alkanes) is 1. The number of aromatic nitrogens is 2. The first-order valence-electron chi connectivity index (χ1n) is 11.8. The lowest BCUT2D eigenvalue weighted by atomic mass is 10.0. The summed E-state index contributed by atoms with van der Waals surface area (Å²) in [5.74, 6) is -3.64. The van der Waals surface area contributed by atoms with Crippen molar-refractivity contribution in [2.45, 2.75) is 62.7 Å². The fraction of sp³-hybridized carbons (Fsp3) is 0.619. The molecule has 1 aromatic rings. The minimum Gasteiger partial charge on any atom is -0.480 e. The molecule has 0 bridgehead atoms. The van der Waals surface area contributed by atoms with Gasteiger partial charge in [-0.25, -0.2) is 9.78 Å². The highest BCUT2D eigenvalue weighted by Crippen LogP contribution is 2.06. The normalized spacial score (nSPS) is 14.0. The molecule has 3 amide bonds. The van der Waals surface area contributed by atoms with E-state index in [4.69, 9.17) is 28.0 Å². The summed E-state index contributed by atoms with van der Waals surface area (Å²) < 4.78 is 0. The van der Waals surface area contributed by atoms with E-state index in [1.54, 1.807) is 0 Å². The number of aromatic amines is 1. The van der Waals surface area contributed by atoms with Crippen LogP contribution in [0.3, 0.4) is 0 Å². The van der Waals surface area contributed by atoms with Crippen LogP contribution in [-0.4, -0.2) is 93.7 Å². The molecule has 0 spiro atoms. The Bertz CT molecular complexity index is 890. The largest absolute Gasteiger partial charge is 0.480 e. The SMILES string of the molecule is NCCCCC(NC(=O)C(CCCN=C(N)N)NC(=O)C(N)Cc1cnc[nH]1)C(=O)NC(CO)C(=O)O. The number of nitrogens with zero attached hydrogens (tertiary/aromatic N) is 2. The third-order valence-corrected chi connectivity index (χ3v) is 5.29. The second-order valence-corrected chi connectivity index (χ2v) is 8.33. The molecule has 4 atom stereocenters. The van der Waals surface area contributed by atoms with Crippen LogP contribution < -0.4 is 38.9 Å². The minimum absolute atomic E-state index is 0.122. The van der Waals surface area contributed by atoms with Gasteiger partial charge in [-0.3, -0.25) is 19.4 Å². The van der Waals surface area contributed by atoms with Crippen LogP contribution in [0.15, 0.2) is 17.5 Å². The van der Waals surface area contributed by atoms with Gasteiger partial charge in [0, 0.05) is 24.9 Å². The molecule has 0 saturated heterocycles. The van der Waals surface area contributed by atoms with E-state index >= 15 is 0 Å². The topological polar surface area (TPSA) is 290 Å². The molecule has 14 N–H and O–H groups in total.